The maximum atomic E-state index is 12.0. The third-order valence-electron chi connectivity index (χ3n) is 2.79. The molecular formula is C14H20N2O2S. The van der Waals surface area contributed by atoms with Crippen LogP contribution < -0.4 is 5.32 Å². The van der Waals surface area contributed by atoms with Crippen LogP contribution in [0.2, 0.25) is 0 Å². The maximum absolute atomic E-state index is 12.0. The Hall–Kier alpha value is -1.38. The second-order valence-corrected chi connectivity index (χ2v) is 7.00. The van der Waals surface area contributed by atoms with Crippen molar-refractivity contribution < 1.29 is 8.42 Å². The lowest BCUT2D eigenvalue weighted by atomic mass is 10.1. The van der Waals surface area contributed by atoms with Gasteiger partial charge in [0.1, 0.15) is 0 Å². The van der Waals surface area contributed by atoms with Crippen molar-refractivity contribution in [1.82, 2.24) is 5.32 Å². The summed E-state index contributed by atoms with van der Waals surface area (Å²) in [6.45, 7) is 5.56. The highest BCUT2D eigenvalue weighted by Gasteiger charge is 2.13. The molecule has 4 nitrogen and oxygen atoms in total. The van der Waals surface area contributed by atoms with E-state index in [1.165, 1.54) is 24.3 Å². The Balaban J connectivity index is 2.49. The summed E-state index contributed by atoms with van der Waals surface area (Å²) in [5.74, 6) is 0.694. The Bertz CT molecular complexity index is 528. The molecule has 0 aromatic heterocycles. The standard InChI is InChI=1S/C14H20N2O2S/c1-12(2)7-8-16-9-10-19(17,18)14-5-3-13(11-15)4-6-14/h3-6,12,16H,7-10H2,1-2H3. The van der Waals surface area contributed by atoms with E-state index in [1.807, 2.05) is 6.07 Å². The van der Waals surface area contributed by atoms with Gasteiger partial charge < -0.3 is 5.32 Å². The summed E-state index contributed by atoms with van der Waals surface area (Å²) in [5, 5.41) is 11.8. The fourth-order valence-corrected chi connectivity index (χ4v) is 2.78. The molecule has 5 heteroatoms. The van der Waals surface area contributed by atoms with Gasteiger partial charge in [-0.05, 0) is 43.1 Å². The van der Waals surface area contributed by atoms with Gasteiger partial charge in [0.05, 0.1) is 22.3 Å². The molecule has 1 N–H and O–H groups in total. The van der Waals surface area contributed by atoms with Crippen LogP contribution in [0.1, 0.15) is 25.8 Å². The zero-order chi connectivity index (χ0) is 14.3. The van der Waals surface area contributed by atoms with Gasteiger partial charge in [0.25, 0.3) is 0 Å². The number of sulfone groups is 1. The summed E-state index contributed by atoms with van der Waals surface area (Å²) in [6, 6.07) is 8.00. The maximum Gasteiger partial charge on any atom is 0.179 e. The number of hydrogen-bond acceptors (Lipinski definition) is 4. The molecule has 0 aliphatic rings. The minimum atomic E-state index is -3.26. The van der Waals surface area contributed by atoms with Gasteiger partial charge in [-0.15, -0.1) is 0 Å². The van der Waals surface area contributed by atoms with Gasteiger partial charge in [0, 0.05) is 6.54 Å². The van der Waals surface area contributed by atoms with E-state index in [9.17, 15) is 8.42 Å². The molecule has 0 unspecified atom stereocenters. The van der Waals surface area contributed by atoms with Crippen molar-refractivity contribution in [3.8, 4) is 6.07 Å². The quantitative estimate of drug-likeness (QED) is 0.775. The average Bonchev–Trinajstić information content (AvgIpc) is 2.38. The summed E-state index contributed by atoms with van der Waals surface area (Å²) >= 11 is 0. The number of rotatable bonds is 7. The van der Waals surface area contributed by atoms with E-state index in [-0.39, 0.29) is 10.6 Å². The molecule has 0 saturated heterocycles. The molecule has 0 saturated carbocycles. The number of nitrogens with zero attached hydrogens (tertiary/aromatic N) is 1. The minimum Gasteiger partial charge on any atom is -0.316 e. The molecule has 0 spiro atoms. The van der Waals surface area contributed by atoms with Crippen molar-refractivity contribution in [1.29, 1.82) is 5.26 Å². The van der Waals surface area contributed by atoms with Gasteiger partial charge in [0.15, 0.2) is 9.84 Å². The van der Waals surface area contributed by atoms with Gasteiger partial charge in [-0.25, -0.2) is 8.42 Å². The minimum absolute atomic E-state index is 0.0804. The lowest BCUT2D eigenvalue weighted by Crippen LogP contribution is -2.24. The summed E-state index contributed by atoms with van der Waals surface area (Å²) in [5.41, 5.74) is 0.467. The third-order valence-corrected chi connectivity index (χ3v) is 4.52. The molecule has 0 fully saturated rings. The van der Waals surface area contributed by atoms with Gasteiger partial charge in [-0.2, -0.15) is 5.26 Å². The van der Waals surface area contributed by atoms with E-state index < -0.39 is 9.84 Å². The molecule has 0 aliphatic carbocycles. The molecule has 0 atom stereocenters. The van der Waals surface area contributed by atoms with E-state index in [0.29, 0.717) is 18.0 Å². The van der Waals surface area contributed by atoms with E-state index in [2.05, 4.69) is 19.2 Å². The van der Waals surface area contributed by atoms with Crippen LogP contribution in [-0.2, 0) is 9.84 Å². The highest BCUT2D eigenvalue weighted by Crippen LogP contribution is 2.11. The first-order valence-electron chi connectivity index (χ1n) is 6.39. The van der Waals surface area contributed by atoms with Crippen LogP contribution in [0.5, 0.6) is 0 Å². The second-order valence-electron chi connectivity index (χ2n) is 4.89. The van der Waals surface area contributed by atoms with Crippen LogP contribution in [0, 0.1) is 17.2 Å². The highest BCUT2D eigenvalue weighted by molar-refractivity contribution is 7.91. The number of nitrogens with one attached hydrogen (secondary N) is 1. The molecule has 0 amide bonds. The molecule has 104 valence electrons. The summed E-state index contributed by atoms with van der Waals surface area (Å²) in [4.78, 5) is 0.275. The fourth-order valence-electron chi connectivity index (χ4n) is 1.58. The van der Waals surface area contributed by atoms with Crippen molar-refractivity contribution in [3.63, 3.8) is 0 Å². The average molecular weight is 280 g/mol. The predicted octanol–water partition coefficient (Wildman–Crippen LogP) is 1.97. The molecule has 19 heavy (non-hydrogen) atoms. The van der Waals surface area contributed by atoms with Crippen molar-refractivity contribution in [3.05, 3.63) is 29.8 Å². The topological polar surface area (TPSA) is 70.0 Å². The largest absolute Gasteiger partial charge is 0.316 e. The number of benzene rings is 1. The predicted molar refractivity (Wildman–Crippen MR) is 75.5 cm³/mol. The van der Waals surface area contributed by atoms with Crippen molar-refractivity contribution in [2.24, 2.45) is 5.92 Å². The first kappa shape index (κ1) is 15.7. The van der Waals surface area contributed by atoms with Crippen LogP contribution in [-0.4, -0.2) is 27.3 Å². The molecule has 0 radical (unpaired) electrons. The normalized spacial score (nSPS) is 11.5. The van der Waals surface area contributed by atoms with Crippen molar-refractivity contribution in [2.75, 3.05) is 18.8 Å². The van der Waals surface area contributed by atoms with Crippen LogP contribution >= 0.6 is 0 Å². The van der Waals surface area contributed by atoms with Crippen LogP contribution in [0.25, 0.3) is 0 Å². The molecule has 1 aromatic rings. The first-order chi connectivity index (χ1) is 8.95. The zero-order valence-electron chi connectivity index (χ0n) is 11.4. The second kappa shape index (κ2) is 7.27. The summed E-state index contributed by atoms with van der Waals surface area (Å²) in [7, 11) is -3.26. The monoisotopic (exact) mass is 280 g/mol. The van der Waals surface area contributed by atoms with E-state index in [4.69, 9.17) is 5.26 Å². The van der Waals surface area contributed by atoms with Crippen molar-refractivity contribution in [2.45, 2.75) is 25.2 Å². The van der Waals surface area contributed by atoms with E-state index in [1.54, 1.807) is 0 Å². The lowest BCUT2D eigenvalue weighted by Gasteiger charge is -2.08. The molecular weight excluding hydrogens is 260 g/mol. The van der Waals surface area contributed by atoms with Crippen LogP contribution in [0.15, 0.2) is 29.2 Å². The Labute approximate surface area is 115 Å². The lowest BCUT2D eigenvalue weighted by molar-refractivity contribution is 0.543. The Morgan fingerprint density at radius 1 is 1.21 bits per heavy atom. The first-order valence-corrected chi connectivity index (χ1v) is 8.04. The van der Waals surface area contributed by atoms with Gasteiger partial charge in [0.2, 0.25) is 0 Å². The molecule has 0 bridgehead atoms. The van der Waals surface area contributed by atoms with Gasteiger partial charge in [-0.1, -0.05) is 13.8 Å². The van der Waals surface area contributed by atoms with E-state index in [0.717, 1.165) is 13.0 Å². The molecule has 0 aliphatic heterocycles. The smallest absolute Gasteiger partial charge is 0.179 e. The molecule has 1 aromatic carbocycles. The fraction of sp³-hybridized carbons (Fsp3) is 0.500. The summed E-state index contributed by atoms with van der Waals surface area (Å²) in [6.07, 6.45) is 1.04. The zero-order valence-corrected chi connectivity index (χ0v) is 12.2. The van der Waals surface area contributed by atoms with Crippen molar-refractivity contribution >= 4 is 9.84 Å². The highest BCUT2D eigenvalue weighted by atomic mass is 32.2. The Morgan fingerprint density at radius 2 is 1.84 bits per heavy atom. The van der Waals surface area contributed by atoms with E-state index >= 15 is 0 Å². The number of hydrogen-bond donors (Lipinski definition) is 1. The van der Waals surface area contributed by atoms with Crippen LogP contribution in [0.3, 0.4) is 0 Å². The Morgan fingerprint density at radius 3 is 2.37 bits per heavy atom. The third kappa shape index (κ3) is 5.41. The molecule has 1 rings (SSSR count). The SMILES string of the molecule is CC(C)CCNCCS(=O)(=O)c1ccc(C#N)cc1. The van der Waals surface area contributed by atoms with Crippen LogP contribution in [0.4, 0.5) is 0 Å². The van der Waals surface area contributed by atoms with Gasteiger partial charge >= 0.3 is 0 Å². The number of nitriles is 1. The van der Waals surface area contributed by atoms with Gasteiger partial charge in [-0.3, -0.25) is 0 Å². The Kier molecular flexibility index (Phi) is 6.00. The summed E-state index contributed by atoms with van der Waals surface area (Å²) < 4.78 is 24.0. The molecule has 0 heterocycles.